The number of hydrogen-bond donors (Lipinski definition) is 3. The van der Waals surface area contributed by atoms with Crippen LogP contribution in [0.25, 0.3) is 0 Å². The lowest BCUT2D eigenvalue weighted by Gasteiger charge is -2.32. The minimum Gasteiger partial charge on any atom is -0.369 e. The SMILES string of the molecule is CCCCCNC(=NC)NCc1cccnc1N1CCC(C(N)=O)CC1.I. The van der Waals surface area contributed by atoms with Crippen molar-refractivity contribution in [2.75, 3.05) is 31.6 Å². The van der Waals surface area contributed by atoms with Crippen molar-refractivity contribution in [3.63, 3.8) is 0 Å². The fourth-order valence-corrected chi connectivity index (χ4v) is 3.21. The van der Waals surface area contributed by atoms with Gasteiger partial charge in [0.05, 0.1) is 0 Å². The van der Waals surface area contributed by atoms with Crippen LogP contribution in [0.4, 0.5) is 5.82 Å². The number of amides is 1. The van der Waals surface area contributed by atoms with Gasteiger partial charge in [-0.25, -0.2) is 4.98 Å². The fraction of sp³-hybridized carbons (Fsp3) is 0.632. The maximum absolute atomic E-state index is 11.4. The summed E-state index contributed by atoms with van der Waals surface area (Å²) < 4.78 is 0. The van der Waals surface area contributed by atoms with Crippen molar-refractivity contribution >= 4 is 41.7 Å². The lowest BCUT2D eigenvalue weighted by atomic mass is 9.96. The van der Waals surface area contributed by atoms with Gasteiger partial charge in [0.2, 0.25) is 5.91 Å². The number of halogens is 1. The lowest BCUT2D eigenvalue weighted by molar-refractivity contribution is -0.122. The van der Waals surface area contributed by atoms with Gasteiger partial charge >= 0.3 is 0 Å². The first-order valence-electron chi connectivity index (χ1n) is 9.58. The maximum Gasteiger partial charge on any atom is 0.220 e. The van der Waals surface area contributed by atoms with E-state index in [1.807, 2.05) is 12.3 Å². The third-order valence-corrected chi connectivity index (χ3v) is 4.81. The average Bonchev–Trinajstić information content (AvgIpc) is 2.68. The summed E-state index contributed by atoms with van der Waals surface area (Å²) in [5.74, 6) is 1.58. The third-order valence-electron chi connectivity index (χ3n) is 4.81. The molecule has 8 heteroatoms. The van der Waals surface area contributed by atoms with Gasteiger partial charge in [-0.05, 0) is 25.3 Å². The summed E-state index contributed by atoms with van der Waals surface area (Å²) >= 11 is 0. The van der Waals surface area contributed by atoms with Gasteiger partial charge in [0.1, 0.15) is 5.82 Å². The van der Waals surface area contributed by atoms with Gasteiger partial charge in [-0.15, -0.1) is 24.0 Å². The smallest absolute Gasteiger partial charge is 0.220 e. The van der Waals surface area contributed by atoms with Crippen molar-refractivity contribution in [2.45, 2.75) is 45.6 Å². The summed E-state index contributed by atoms with van der Waals surface area (Å²) in [6.07, 6.45) is 6.97. The maximum atomic E-state index is 11.4. The Kier molecular flexibility index (Phi) is 11.1. The van der Waals surface area contributed by atoms with Crippen molar-refractivity contribution < 1.29 is 4.79 Å². The molecule has 1 aliphatic heterocycles. The van der Waals surface area contributed by atoms with Gasteiger partial charge in [0.15, 0.2) is 5.96 Å². The van der Waals surface area contributed by atoms with Gasteiger partial charge in [-0.2, -0.15) is 0 Å². The molecule has 0 bridgehead atoms. The molecule has 0 atom stereocenters. The normalized spacial score (nSPS) is 15.2. The van der Waals surface area contributed by atoms with E-state index < -0.39 is 0 Å². The van der Waals surface area contributed by atoms with Gasteiger partial charge < -0.3 is 21.3 Å². The molecule has 1 aliphatic rings. The number of anilines is 1. The molecule has 0 aromatic carbocycles. The predicted molar refractivity (Wildman–Crippen MR) is 122 cm³/mol. The predicted octanol–water partition coefficient (Wildman–Crippen LogP) is 2.26. The number of hydrogen-bond acceptors (Lipinski definition) is 4. The Bertz CT molecular complexity index is 602. The lowest BCUT2D eigenvalue weighted by Crippen LogP contribution is -2.40. The number of piperidine rings is 1. The summed E-state index contributed by atoms with van der Waals surface area (Å²) in [6.45, 7) is 5.40. The Morgan fingerprint density at radius 3 is 2.70 bits per heavy atom. The number of guanidine groups is 1. The van der Waals surface area contributed by atoms with Crippen LogP contribution in [0.15, 0.2) is 23.3 Å². The Morgan fingerprint density at radius 2 is 2.07 bits per heavy atom. The fourth-order valence-electron chi connectivity index (χ4n) is 3.21. The van der Waals surface area contributed by atoms with Gasteiger partial charge in [0.25, 0.3) is 0 Å². The van der Waals surface area contributed by atoms with Crippen molar-refractivity contribution in [1.82, 2.24) is 15.6 Å². The summed E-state index contributed by atoms with van der Waals surface area (Å²) in [5.41, 5.74) is 6.56. The molecule has 1 aromatic heterocycles. The van der Waals surface area contributed by atoms with E-state index in [4.69, 9.17) is 5.73 Å². The standard InChI is InChI=1S/C19H32N6O.HI/c1-3-4-5-10-23-19(21-2)24-14-16-7-6-11-22-18(16)25-12-8-15(9-13-25)17(20)26;/h6-7,11,15H,3-5,8-10,12-14H2,1-2H3,(H2,20,26)(H2,21,23,24);1H. The van der Waals surface area contributed by atoms with Crippen LogP contribution in [0.2, 0.25) is 0 Å². The van der Waals surface area contributed by atoms with Gasteiger partial charge in [0, 0.05) is 50.9 Å². The number of nitrogens with zero attached hydrogens (tertiary/aromatic N) is 3. The number of nitrogens with two attached hydrogens (primary N) is 1. The zero-order chi connectivity index (χ0) is 18.8. The molecule has 0 spiro atoms. The number of rotatable bonds is 8. The van der Waals surface area contributed by atoms with Crippen molar-refractivity contribution in [2.24, 2.45) is 16.6 Å². The van der Waals surface area contributed by atoms with E-state index in [2.05, 4.69) is 38.5 Å². The molecular formula is C19H33IN6O. The molecule has 2 rings (SSSR count). The van der Waals surface area contributed by atoms with E-state index in [0.717, 1.165) is 56.2 Å². The second kappa shape index (κ2) is 12.7. The first-order valence-corrected chi connectivity index (χ1v) is 9.58. The highest BCUT2D eigenvalue weighted by Gasteiger charge is 2.24. The second-order valence-electron chi connectivity index (χ2n) is 6.71. The van der Waals surface area contributed by atoms with Crippen LogP contribution in [0.5, 0.6) is 0 Å². The minimum atomic E-state index is -0.189. The Hall–Kier alpha value is -1.58. The number of nitrogens with one attached hydrogen (secondary N) is 2. The summed E-state index contributed by atoms with van der Waals surface area (Å²) in [7, 11) is 1.79. The average molecular weight is 488 g/mol. The van der Waals surface area contributed by atoms with Crippen molar-refractivity contribution in [3.8, 4) is 0 Å². The van der Waals surface area contributed by atoms with E-state index in [-0.39, 0.29) is 35.8 Å². The summed E-state index contributed by atoms with van der Waals surface area (Å²) in [6, 6.07) is 4.04. The highest BCUT2D eigenvalue weighted by molar-refractivity contribution is 14.0. The first kappa shape index (κ1) is 23.5. The number of unbranched alkanes of at least 4 members (excludes halogenated alkanes) is 2. The molecular weight excluding hydrogens is 455 g/mol. The van der Waals surface area contributed by atoms with Crippen LogP contribution in [0, 0.1) is 5.92 Å². The molecule has 0 radical (unpaired) electrons. The van der Waals surface area contributed by atoms with Crippen LogP contribution in [-0.2, 0) is 11.3 Å². The number of primary amides is 1. The van der Waals surface area contributed by atoms with E-state index in [1.54, 1.807) is 7.05 Å². The quantitative estimate of drug-likeness (QED) is 0.226. The zero-order valence-corrected chi connectivity index (χ0v) is 18.7. The van der Waals surface area contributed by atoms with E-state index in [9.17, 15) is 4.79 Å². The Balaban J connectivity index is 0.00000364. The molecule has 7 nitrogen and oxygen atoms in total. The zero-order valence-electron chi connectivity index (χ0n) is 16.4. The van der Waals surface area contributed by atoms with Crippen LogP contribution >= 0.6 is 24.0 Å². The second-order valence-corrected chi connectivity index (χ2v) is 6.71. The molecule has 1 fully saturated rings. The van der Waals surface area contributed by atoms with Crippen LogP contribution in [-0.4, -0.2) is 43.5 Å². The van der Waals surface area contributed by atoms with Crippen LogP contribution in [0.3, 0.4) is 0 Å². The van der Waals surface area contributed by atoms with Crippen LogP contribution in [0.1, 0.15) is 44.6 Å². The van der Waals surface area contributed by atoms with Gasteiger partial charge in [-0.1, -0.05) is 25.8 Å². The molecule has 1 saturated heterocycles. The first-order chi connectivity index (χ1) is 12.7. The number of aromatic nitrogens is 1. The van der Waals surface area contributed by atoms with Crippen molar-refractivity contribution in [1.29, 1.82) is 0 Å². The molecule has 27 heavy (non-hydrogen) atoms. The summed E-state index contributed by atoms with van der Waals surface area (Å²) in [5, 5.41) is 6.71. The van der Waals surface area contributed by atoms with E-state index in [1.165, 1.54) is 12.8 Å². The highest BCUT2D eigenvalue weighted by atomic mass is 127. The monoisotopic (exact) mass is 488 g/mol. The van der Waals surface area contributed by atoms with E-state index in [0.29, 0.717) is 6.54 Å². The molecule has 4 N–H and O–H groups in total. The largest absolute Gasteiger partial charge is 0.369 e. The number of pyridine rings is 1. The molecule has 2 heterocycles. The minimum absolute atomic E-state index is 0. The Labute approximate surface area is 179 Å². The van der Waals surface area contributed by atoms with Crippen molar-refractivity contribution in [3.05, 3.63) is 23.9 Å². The van der Waals surface area contributed by atoms with Crippen LogP contribution < -0.4 is 21.3 Å². The molecule has 0 aliphatic carbocycles. The number of aliphatic imine (C=N–C) groups is 1. The molecule has 0 unspecified atom stereocenters. The number of carbonyl (C=O) groups excluding carboxylic acids is 1. The summed E-state index contributed by atoms with van der Waals surface area (Å²) in [4.78, 5) is 22.5. The topological polar surface area (TPSA) is 95.6 Å². The molecule has 1 amide bonds. The molecule has 1 aromatic rings. The highest BCUT2D eigenvalue weighted by Crippen LogP contribution is 2.24. The molecule has 152 valence electrons. The molecule has 0 saturated carbocycles. The third kappa shape index (κ3) is 7.51. The Morgan fingerprint density at radius 1 is 1.33 bits per heavy atom. The van der Waals surface area contributed by atoms with Gasteiger partial charge in [-0.3, -0.25) is 9.79 Å². The number of carbonyl (C=O) groups is 1. The van der Waals surface area contributed by atoms with E-state index >= 15 is 0 Å².